The summed E-state index contributed by atoms with van der Waals surface area (Å²) < 4.78 is 42.5. The zero-order valence-corrected chi connectivity index (χ0v) is 14.9. The van der Waals surface area contributed by atoms with Crippen LogP contribution in [0.25, 0.3) is 0 Å². The second kappa shape index (κ2) is 8.60. The third-order valence-corrected chi connectivity index (χ3v) is 4.29. The van der Waals surface area contributed by atoms with Crippen molar-refractivity contribution >= 4 is 17.3 Å². The van der Waals surface area contributed by atoms with Gasteiger partial charge in [0.05, 0.1) is 35.7 Å². The summed E-state index contributed by atoms with van der Waals surface area (Å²) in [5.74, 6) is -1.91. The van der Waals surface area contributed by atoms with Gasteiger partial charge in [0, 0.05) is 24.5 Å². The quantitative estimate of drug-likeness (QED) is 0.858. The number of rotatable bonds is 3. The van der Waals surface area contributed by atoms with Crippen molar-refractivity contribution in [2.75, 3.05) is 19.8 Å². The smallest absolute Gasteiger partial charge is 0.475 e. The first-order valence-corrected chi connectivity index (χ1v) is 8.51. The monoisotopic (exact) mass is 393 g/mol. The summed E-state index contributed by atoms with van der Waals surface area (Å²) in [7, 11) is 0. The van der Waals surface area contributed by atoms with E-state index in [2.05, 4.69) is 20.4 Å². The van der Waals surface area contributed by atoms with Gasteiger partial charge in [-0.15, -0.1) is 11.3 Å². The molecule has 1 unspecified atom stereocenters. The van der Waals surface area contributed by atoms with Crippen LogP contribution in [0.5, 0.6) is 0 Å². The highest BCUT2D eigenvalue weighted by Gasteiger charge is 2.38. The van der Waals surface area contributed by atoms with Crippen LogP contribution in [0.4, 0.5) is 13.2 Å². The summed E-state index contributed by atoms with van der Waals surface area (Å²) >= 11 is 1.68. The minimum Gasteiger partial charge on any atom is -0.475 e. The van der Waals surface area contributed by atoms with E-state index in [9.17, 15) is 13.2 Å². The molecule has 1 aliphatic rings. The molecule has 1 N–H and O–H groups in total. The Balaban J connectivity index is 0.000000298. The van der Waals surface area contributed by atoms with E-state index in [0.717, 1.165) is 41.9 Å². The number of aliphatic carboxylic acids is 1. The number of hydrogen-bond acceptors (Lipinski definition) is 7. The van der Waals surface area contributed by atoms with E-state index in [0.29, 0.717) is 6.61 Å². The molecule has 11 heteroatoms. The fraction of sp³-hybridized carbons (Fsp3) is 0.533. The van der Waals surface area contributed by atoms with Crippen LogP contribution >= 0.6 is 11.3 Å². The molecule has 1 aliphatic heterocycles. The van der Waals surface area contributed by atoms with E-state index in [-0.39, 0.29) is 6.04 Å². The van der Waals surface area contributed by atoms with Crippen molar-refractivity contribution in [1.29, 1.82) is 0 Å². The van der Waals surface area contributed by atoms with Gasteiger partial charge in [0.2, 0.25) is 0 Å². The third-order valence-electron chi connectivity index (χ3n) is 3.50. The summed E-state index contributed by atoms with van der Waals surface area (Å²) in [5, 5.41) is 14.4. The minimum atomic E-state index is -5.08. The average molecular weight is 393 g/mol. The van der Waals surface area contributed by atoms with Gasteiger partial charge in [-0.05, 0) is 13.8 Å². The van der Waals surface area contributed by atoms with Gasteiger partial charge in [0.15, 0.2) is 0 Å². The van der Waals surface area contributed by atoms with Gasteiger partial charge < -0.3 is 14.4 Å². The van der Waals surface area contributed by atoms with Crippen LogP contribution in [0, 0.1) is 13.8 Å². The van der Waals surface area contributed by atoms with Gasteiger partial charge in [-0.2, -0.15) is 13.2 Å². The largest absolute Gasteiger partial charge is 0.490 e. The molecule has 2 aromatic heterocycles. The van der Waals surface area contributed by atoms with Crippen molar-refractivity contribution in [2.45, 2.75) is 32.6 Å². The molecule has 0 amide bonds. The van der Waals surface area contributed by atoms with Crippen LogP contribution < -0.4 is 0 Å². The van der Waals surface area contributed by atoms with Gasteiger partial charge in [0.1, 0.15) is 5.76 Å². The fourth-order valence-electron chi connectivity index (χ4n) is 2.33. The third kappa shape index (κ3) is 5.78. The second-order valence-corrected chi connectivity index (χ2v) is 6.65. The van der Waals surface area contributed by atoms with Crippen molar-refractivity contribution in [2.24, 2.45) is 0 Å². The highest BCUT2D eigenvalue weighted by molar-refractivity contribution is 7.09. The highest BCUT2D eigenvalue weighted by atomic mass is 32.1. The number of carboxylic acid groups (broad SMARTS) is 1. The molecule has 1 saturated heterocycles. The lowest BCUT2D eigenvalue weighted by molar-refractivity contribution is -0.192. The van der Waals surface area contributed by atoms with E-state index in [1.165, 1.54) is 0 Å². The van der Waals surface area contributed by atoms with Crippen molar-refractivity contribution in [3.8, 4) is 0 Å². The Morgan fingerprint density at radius 1 is 1.46 bits per heavy atom. The number of carboxylic acids is 1. The lowest BCUT2D eigenvalue weighted by Crippen LogP contribution is -2.39. The van der Waals surface area contributed by atoms with Crippen LogP contribution in [0.15, 0.2) is 16.0 Å². The Bertz CT molecular complexity index is 732. The summed E-state index contributed by atoms with van der Waals surface area (Å²) in [6.07, 6.45) is -5.08. The maximum atomic E-state index is 10.6. The number of hydrogen-bond donors (Lipinski definition) is 1. The van der Waals surface area contributed by atoms with Gasteiger partial charge in [-0.1, -0.05) is 5.16 Å². The molecule has 0 saturated carbocycles. The average Bonchev–Trinajstić information content (AvgIpc) is 3.16. The minimum absolute atomic E-state index is 0.218. The summed E-state index contributed by atoms with van der Waals surface area (Å²) in [6, 6.07) is 2.20. The maximum Gasteiger partial charge on any atom is 0.490 e. The molecular formula is C15H18F3N3O4S. The van der Waals surface area contributed by atoms with Crippen molar-refractivity contribution in [3.63, 3.8) is 0 Å². The lowest BCUT2D eigenvalue weighted by atomic mass is 10.1. The molecule has 0 aromatic carbocycles. The second-order valence-electron chi connectivity index (χ2n) is 5.58. The normalized spacial score (nSPS) is 18.3. The van der Waals surface area contributed by atoms with Gasteiger partial charge in [-0.25, -0.2) is 9.78 Å². The number of morpholine rings is 1. The number of halogens is 3. The molecule has 0 aliphatic carbocycles. The zero-order valence-electron chi connectivity index (χ0n) is 14.1. The van der Waals surface area contributed by atoms with Crippen LogP contribution in [0.1, 0.15) is 28.2 Å². The molecule has 0 spiro atoms. The Morgan fingerprint density at radius 2 is 2.15 bits per heavy atom. The number of carbonyl (C=O) groups is 1. The number of aryl methyl sites for hydroxylation is 2. The molecule has 1 fully saturated rings. The van der Waals surface area contributed by atoms with E-state index < -0.39 is 12.1 Å². The summed E-state index contributed by atoms with van der Waals surface area (Å²) in [6.45, 7) is 7.08. The molecule has 7 nitrogen and oxygen atoms in total. The Morgan fingerprint density at radius 3 is 2.65 bits per heavy atom. The number of aromatic nitrogens is 2. The van der Waals surface area contributed by atoms with E-state index in [1.54, 1.807) is 11.3 Å². The van der Waals surface area contributed by atoms with Crippen LogP contribution in [-0.2, 0) is 16.1 Å². The number of alkyl halides is 3. The van der Waals surface area contributed by atoms with Crippen LogP contribution in [0.3, 0.4) is 0 Å². The summed E-state index contributed by atoms with van der Waals surface area (Å²) in [4.78, 5) is 15.8. The first-order valence-electron chi connectivity index (χ1n) is 7.63. The molecule has 3 heterocycles. The fourth-order valence-corrected chi connectivity index (χ4v) is 2.99. The van der Waals surface area contributed by atoms with Gasteiger partial charge in [0.25, 0.3) is 0 Å². The molecule has 0 bridgehead atoms. The molecular weight excluding hydrogens is 375 g/mol. The Kier molecular flexibility index (Phi) is 6.73. The number of thiazole rings is 1. The molecule has 2 aromatic rings. The van der Waals surface area contributed by atoms with E-state index in [1.807, 2.05) is 19.9 Å². The maximum absolute atomic E-state index is 10.6. The Hall–Kier alpha value is -1.98. The van der Waals surface area contributed by atoms with Crippen molar-refractivity contribution in [3.05, 3.63) is 33.6 Å². The molecule has 26 heavy (non-hydrogen) atoms. The molecule has 0 radical (unpaired) electrons. The molecule has 144 valence electrons. The van der Waals surface area contributed by atoms with Crippen molar-refractivity contribution in [1.82, 2.24) is 15.0 Å². The van der Waals surface area contributed by atoms with Crippen LogP contribution in [-0.4, -0.2) is 52.1 Å². The molecule has 1 atom stereocenters. The predicted octanol–water partition coefficient (Wildman–Crippen LogP) is 2.95. The van der Waals surface area contributed by atoms with E-state index >= 15 is 0 Å². The van der Waals surface area contributed by atoms with E-state index in [4.69, 9.17) is 19.2 Å². The van der Waals surface area contributed by atoms with Crippen molar-refractivity contribution < 1.29 is 32.3 Å². The SMILES string of the molecule is Cc1cc(CN2CCOCC2c2csc(C)n2)no1.O=C(O)C(F)(F)F. The summed E-state index contributed by atoms with van der Waals surface area (Å²) in [5.41, 5.74) is 2.07. The zero-order chi connectivity index (χ0) is 19.3. The predicted molar refractivity (Wildman–Crippen MR) is 85.8 cm³/mol. The first-order chi connectivity index (χ1) is 12.2. The van der Waals surface area contributed by atoms with Crippen LogP contribution in [0.2, 0.25) is 0 Å². The standard InChI is InChI=1S/C13H17N3O2S.C2HF3O2/c1-9-5-11(15-18-9)6-16-3-4-17-7-13(16)12-8-19-10(2)14-12;3-2(4,5)1(6)7/h5,8,13H,3-4,6-7H2,1-2H3;(H,6,7). The van der Waals surface area contributed by atoms with Gasteiger partial charge in [-0.3, -0.25) is 4.90 Å². The van der Waals surface area contributed by atoms with Gasteiger partial charge >= 0.3 is 12.1 Å². The first kappa shape index (κ1) is 20.3. The highest BCUT2D eigenvalue weighted by Crippen LogP contribution is 2.26. The lowest BCUT2D eigenvalue weighted by Gasteiger charge is -2.33. The Labute approximate surface area is 151 Å². The number of nitrogens with zero attached hydrogens (tertiary/aromatic N) is 3. The molecule has 3 rings (SSSR count). The topological polar surface area (TPSA) is 88.7 Å². The number of ether oxygens (including phenoxy) is 1.